The molecule has 5 nitrogen and oxygen atoms in total. The number of anilines is 1. The van der Waals surface area contributed by atoms with Crippen molar-refractivity contribution in [1.82, 2.24) is 10.2 Å². The minimum Gasteiger partial charge on any atom is -0.458 e. The second-order valence-corrected chi connectivity index (χ2v) is 4.22. The summed E-state index contributed by atoms with van der Waals surface area (Å²) >= 11 is 0. The van der Waals surface area contributed by atoms with Crippen molar-refractivity contribution in [1.29, 1.82) is 0 Å². The molecule has 0 bridgehead atoms. The van der Waals surface area contributed by atoms with Gasteiger partial charge in [-0.3, -0.25) is 5.10 Å². The third-order valence-electron chi connectivity index (χ3n) is 2.95. The number of carbonyl (C=O) groups is 1. The number of rotatable bonds is 2. The summed E-state index contributed by atoms with van der Waals surface area (Å²) in [6, 6.07) is 0. The highest BCUT2D eigenvalue weighted by atomic mass is 16.5. The van der Waals surface area contributed by atoms with E-state index in [-0.39, 0.29) is 17.8 Å². The summed E-state index contributed by atoms with van der Waals surface area (Å²) in [5.41, 5.74) is 6.20. The number of H-pyrrole nitrogens is 1. The van der Waals surface area contributed by atoms with E-state index < -0.39 is 0 Å². The molecular weight excluding hydrogens is 206 g/mol. The van der Waals surface area contributed by atoms with Crippen molar-refractivity contribution >= 4 is 11.7 Å². The molecule has 1 aromatic heterocycles. The van der Waals surface area contributed by atoms with Gasteiger partial charge in [-0.2, -0.15) is 5.10 Å². The molecule has 0 radical (unpaired) electrons. The molecule has 1 aliphatic carbocycles. The van der Waals surface area contributed by atoms with Crippen LogP contribution in [0.1, 0.15) is 49.0 Å². The number of nitrogens with zero attached hydrogens (tertiary/aromatic N) is 1. The number of carbonyl (C=O) groups excluding carboxylic acids is 1. The van der Waals surface area contributed by atoms with E-state index in [9.17, 15) is 4.79 Å². The maximum atomic E-state index is 11.7. The SMILES string of the molecule is Nc1cn[nH]c1C(=O)OC1CCCCCC1. The van der Waals surface area contributed by atoms with E-state index in [0.29, 0.717) is 5.69 Å². The van der Waals surface area contributed by atoms with Crippen molar-refractivity contribution in [2.75, 3.05) is 5.73 Å². The lowest BCUT2D eigenvalue weighted by molar-refractivity contribution is 0.0261. The molecule has 0 amide bonds. The van der Waals surface area contributed by atoms with Crippen LogP contribution in [0.2, 0.25) is 0 Å². The minimum absolute atomic E-state index is 0.0395. The lowest BCUT2D eigenvalue weighted by atomic mass is 10.1. The van der Waals surface area contributed by atoms with Crippen LogP contribution in [0.4, 0.5) is 5.69 Å². The summed E-state index contributed by atoms with van der Waals surface area (Å²) in [7, 11) is 0. The van der Waals surface area contributed by atoms with Gasteiger partial charge in [0.25, 0.3) is 0 Å². The number of esters is 1. The van der Waals surface area contributed by atoms with Gasteiger partial charge in [-0.05, 0) is 25.7 Å². The Morgan fingerprint density at radius 2 is 2.06 bits per heavy atom. The standard InChI is InChI=1S/C11H17N3O2/c12-9-7-13-14-10(9)11(15)16-8-5-3-1-2-4-6-8/h7-8H,1-6,12H2,(H,13,14). The van der Waals surface area contributed by atoms with Crippen molar-refractivity contribution in [3.8, 4) is 0 Å². The molecule has 5 heteroatoms. The van der Waals surface area contributed by atoms with Crippen LogP contribution in [0.3, 0.4) is 0 Å². The molecule has 0 saturated heterocycles. The molecule has 0 aliphatic heterocycles. The fraction of sp³-hybridized carbons (Fsp3) is 0.636. The topological polar surface area (TPSA) is 81.0 Å². The van der Waals surface area contributed by atoms with Gasteiger partial charge in [-0.1, -0.05) is 12.8 Å². The predicted octanol–water partition coefficient (Wildman–Crippen LogP) is 1.87. The Morgan fingerprint density at radius 3 is 2.62 bits per heavy atom. The normalized spacial score (nSPS) is 18.0. The van der Waals surface area contributed by atoms with E-state index in [2.05, 4.69) is 10.2 Å². The fourth-order valence-corrected chi connectivity index (χ4v) is 2.03. The third-order valence-corrected chi connectivity index (χ3v) is 2.95. The first-order valence-corrected chi connectivity index (χ1v) is 5.77. The van der Waals surface area contributed by atoms with Crippen LogP contribution in [0.15, 0.2) is 6.20 Å². The summed E-state index contributed by atoms with van der Waals surface area (Å²) in [6.07, 6.45) is 8.12. The first-order valence-electron chi connectivity index (χ1n) is 5.77. The molecule has 0 aromatic carbocycles. The van der Waals surface area contributed by atoms with Gasteiger partial charge >= 0.3 is 5.97 Å². The molecule has 88 valence electrons. The molecule has 1 aromatic rings. The summed E-state index contributed by atoms with van der Waals surface area (Å²) in [6.45, 7) is 0. The van der Waals surface area contributed by atoms with Crippen molar-refractivity contribution in [3.63, 3.8) is 0 Å². The zero-order valence-electron chi connectivity index (χ0n) is 9.24. The molecule has 16 heavy (non-hydrogen) atoms. The predicted molar refractivity (Wildman–Crippen MR) is 59.9 cm³/mol. The van der Waals surface area contributed by atoms with Gasteiger partial charge in [-0.15, -0.1) is 0 Å². The van der Waals surface area contributed by atoms with Crippen LogP contribution < -0.4 is 5.73 Å². The van der Waals surface area contributed by atoms with Crippen LogP contribution >= 0.6 is 0 Å². The van der Waals surface area contributed by atoms with Gasteiger partial charge in [0.15, 0.2) is 5.69 Å². The van der Waals surface area contributed by atoms with Gasteiger partial charge in [0.05, 0.1) is 11.9 Å². The molecule has 1 heterocycles. The second kappa shape index (κ2) is 5.01. The molecule has 1 fully saturated rings. The molecule has 1 aliphatic rings. The zero-order valence-corrected chi connectivity index (χ0v) is 9.24. The number of nitrogen functional groups attached to an aromatic ring is 1. The summed E-state index contributed by atoms with van der Waals surface area (Å²) < 4.78 is 5.41. The average molecular weight is 223 g/mol. The Kier molecular flexibility index (Phi) is 3.44. The van der Waals surface area contributed by atoms with Crippen molar-refractivity contribution in [2.24, 2.45) is 0 Å². The number of hydrogen-bond acceptors (Lipinski definition) is 4. The summed E-state index contributed by atoms with van der Waals surface area (Å²) in [4.78, 5) is 11.7. The number of aromatic amines is 1. The second-order valence-electron chi connectivity index (χ2n) is 4.22. The minimum atomic E-state index is -0.387. The Hall–Kier alpha value is -1.52. The maximum Gasteiger partial charge on any atom is 0.358 e. The Bertz CT molecular complexity index is 354. The van der Waals surface area contributed by atoms with Gasteiger partial charge in [0.1, 0.15) is 6.10 Å². The zero-order chi connectivity index (χ0) is 11.4. The summed E-state index contributed by atoms with van der Waals surface area (Å²) in [5, 5.41) is 6.26. The molecule has 3 N–H and O–H groups in total. The molecule has 0 unspecified atom stereocenters. The maximum absolute atomic E-state index is 11.7. The lowest BCUT2D eigenvalue weighted by Gasteiger charge is -2.14. The van der Waals surface area contributed by atoms with E-state index in [1.807, 2.05) is 0 Å². The first-order chi connectivity index (χ1) is 7.77. The van der Waals surface area contributed by atoms with E-state index in [1.165, 1.54) is 19.0 Å². The number of aromatic nitrogens is 2. The molecule has 0 spiro atoms. The number of nitrogens with two attached hydrogens (primary N) is 1. The highest BCUT2D eigenvalue weighted by Crippen LogP contribution is 2.21. The van der Waals surface area contributed by atoms with Gasteiger partial charge < -0.3 is 10.5 Å². The Labute approximate surface area is 94.4 Å². The van der Waals surface area contributed by atoms with Crippen LogP contribution in [0.5, 0.6) is 0 Å². The highest BCUT2D eigenvalue weighted by molar-refractivity contribution is 5.92. The first kappa shape index (κ1) is 11.0. The lowest BCUT2D eigenvalue weighted by Crippen LogP contribution is -2.18. The molecule has 2 rings (SSSR count). The smallest absolute Gasteiger partial charge is 0.358 e. The number of hydrogen-bond donors (Lipinski definition) is 2. The van der Waals surface area contributed by atoms with Crippen LogP contribution in [-0.4, -0.2) is 22.3 Å². The van der Waals surface area contributed by atoms with Gasteiger partial charge in [-0.25, -0.2) is 4.79 Å². The van der Waals surface area contributed by atoms with Gasteiger partial charge in [0, 0.05) is 0 Å². The van der Waals surface area contributed by atoms with Crippen molar-refractivity contribution in [2.45, 2.75) is 44.6 Å². The highest BCUT2D eigenvalue weighted by Gasteiger charge is 2.20. The average Bonchev–Trinajstić information content (AvgIpc) is 2.53. The van der Waals surface area contributed by atoms with E-state index in [1.54, 1.807) is 0 Å². The van der Waals surface area contributed by atoms with Crippen LogP contribution in [-0.2, 0) is 4.74 Å². The van der Waals surface area contributed by atoms with E-state index in [0.717, 1.165) is 25.7 Å². The largest absolute Gasteiger partial charge is 0.458 e. The van der Waals surface area contributed by atoms with Gasteiger partial charge in [0.2, 0.25) is 0 Å². The number of nitrogens with one attached hydrogen (secondary N) is 1. The summed E-state index contributed by atoms with van der Waals surface area (Å²) in [5.74, 6) is -0.387. The third kappa shape index (κ3) is 2.53. The Morgan fingerprint density at radius 1 is 1.38 bits per heavy atom. The van der Waals surface area contributed by atoms with Crippen molar-refractivity contribution < 1.29 is 9.53 Å². The number of ether oxygens (including phenoxy) is 1. The van der Waals surface area contributed by atoms with Crippen molar-refractivity contribution in [3.05, 3.63) is 11.9 Å². The fourth-order valence-electron chi connectivity index (χ4n) is 2.03. The monoisotopic (exact) mass is 223 g/mol. The van der Waals surface area contributed by atoms with E-state index in [4.69, 9.17) is 10.5 Å². The Balaban J connectivity index is 1.93. The van der Waals surface area contributed by atoms with Crippen LogP contribution in [0, 0.1) is 0 Å². The van der Waals surface area contributed by atoms with E-state index >= 15 is 0 Å². The quantitative estimate of drug-likeness (QED) is 0.592. The molecule has 0 atom stereocenters. The van der Waals surface area contributed by atoms with Crippen LogP contribution in [0.25, 0.3) is 0 Å². The molecular formula is C11H17N3O2. The molecule has 1 saturated carbocycles.